The maximum absolute atomic E-state index is 6.16. The molecule has 0 saturated carbocycles. The molecule has 0 radical (unpaired) electrons. The summed E-state index contributed by atoms with van der Waals surface area (Å²) in [6.07, 6.45) is 8.06. The van der Waals surface area contributed by atoms with Crippen molar-refractivity contribution in [2.45, 2.75) is 32.8 Å². The Bertz CT molecular complexity index is 844. The fourth-order valence-corrected chi connectivity index (χ4v) is 3.51. The van der Waals surface area contributed by atoms with Crippen LogP contribution >= 0.6 is 0 Å². The molecule has 0 aliphatic heterocycles. The quantitative estimate of drug-likeness (QED) is 0.817. The molecule has 2 aromatic rings. The lowest BCUT2D eigenvalue weighted by atomic mass is 9.89. The van der Waals surface area contributed by atoms with Gasteiger partial charge in [0.1, 0.15) is 17.4 Å². The number of furan rings is 1. The number of pyridine rings is 1. The van der Waals surface area contributed by atoms with Crippen LogP contribution < -0.4 is 4.74 Å². The van der Waals surface area contributed by atoms with Gasteiger partial charge in [-0.15, -0.1) is 0 Å². The maximum atomic E-state index is 6.16. The number of hydrogen-bond donors (Lipinski definition) is 0. The molecule has 4 heteroatoms. The zero-order chi connectivity index (χ0) is 16.1. The highest BCUT2D eigenvalue weighted by atomic mass is 16.5. The lowest BCUT2D eigenvalue weighted by molar-refractivity contribution is 0.101. The summed E-state index contributed by atoms with van der Waals surface area (Å²) in [5.74, 6) is 2.26. The van der Waals surface area contributed by atoms with Crippen LogP contribution in [0.3, 0.4) is 0 Å². The first kappa shape index (κ1) is 14.5. The van der Waals surface area contributed by atoms with Gasteiger partial charge < -0.3 is 13.9 Å². The Kier molecular flexibility index (Phi) is 3.31. The Morgan fingerprint density at radius 1 is 1.26 bits per heavy atom. The van der Waals surface area contributed by atoms with Crippen molar-refractivity contribution in [2.75, 3.05) is 14.2 Å². The van der Waals surface area contributed by atoms with Crippen molar-refractivity contribution >= 4 is 23.3 Å². The third-order valence-electron chi connectivity index (χ3n) is 5.02. The molecule has 2 heterocycles. The lowest BCUT2D eigenvalue weighted by Crippen LogP contribution is -2.10. The van der Waals surface area contributed by atoms with Crippen molar-refractivity contribution in [1.29, 1.82) is 0 Å². The van der Waals surface area contributed by atoms with Crippen LogP contribution in [0.15, 0.2) is 16.1 Å². The van der Waals surface area contributed by atoms with Crippen LogP contribution in [0.25, 0.3) is 23.3 Å². The molecule has 0 N–H and O–H groups in total. The summed E-state index contributed by atoms with van der Waals surface area (Å²) in [7, 11) is 3.41. The van der Waals surface area contributed by atoms with Crippen molar-refractivity contribution < 1.29 is 13.9 Å². The van der Waals surface area contributed by atoms with E-state index in [0.717, 1.165) is 52.3 Å². The molecule has 0 bridgehead atoms. The predicted octanol–water partition coefficient (Wildman–Crippen LogP) is 4.54. The van der Waals surface area contributed by atoms with E-state index in [-0.39, 0.29) is 6.10 Å². The van der Waals surface area contributed by atoms with E-state index in [1.54, 1.807) is 14.2 Å². The monoisotopic (exact) mass is 311 g/mol. The second-order valence-electron chi connectivity index (χ2n) is 6.42. The minimum Gasteiger partial charge on any atom is -0.492 e. The number of ether oxygens (including phenoxy) is 2. The van der Waals surface area contributed by atoms with E-state index in [1.807, 2.05) is 0 Å². The Balaban J connectivity index is 2.04. The summed E-state index contributed by atoms with van der Waals surface area (Å²) in [4.78, 5) is 4.91. The van der Waals surface area contributed by atoms with E-state index in [4.69, 9.17) is 18.9 Å². The maximum Gasteiger partial charge on any atom is 0.195 e. The van der Waals surface area contributed by atoms with Gasteiger partial charge in [-0.1, -0.05) is 30.7 Å². The van der Waals surface area contributed by atoms with Gasteiger partial charge >= 0.3 is 0 Å². The van der Waals surface area contributed by atoms with Crippen LogP contribution in [-0.4, -0.2) is 19.2 Å². The van der Waals surface area contributed by atoms with Crippen LogP contribution in [-0.2, 0) is 11.2 Å². The summed E-state index contributed by atoms with van der Waals surface area (Å²) in [5, 5.41) is 0. The van der Waals surface area contributed by atoms with Gasteiger partial charge in [0.25, 0.3) is 0 Å². The van der Waals surface area contributed by atoms with Gasteiger partial charge in [-0.05, 0) is 19.3 Å². The summed E-state index contributed by atoms with van der Waals surface area (Å²) < 4.78 is 17.5. The normalized spacial score (nSPS) is 22.7. The number of methoxy groups -OCH3 is 2. The number of aromatic nitrogens is 1. The van der Waals surface area contributed by atoms with Crippen molar-refractivity contribution in [3.8, 4) is 5.75 Å². The smallest absolute Gasteiger partial charge is 0.195 e. The van der Waals surface area contributed by atoms with Gasteiger partial charge in [0, 0.05) is 24.7 Å². The largest absolute Gasteiger partial charge is 0.492 e. The molecule has 0 aromatic carbocycles. The summed E-state index contributed by atoms with van der Waals surface area (Å²) in [6.45, 7) is 4.39. The van der Waals surface area contributed by atoms with Crippen LogP contribution in [0.4, 0.5) is 0 Å². The molecule has 2 aromatic heterocycles. The Morgan fingerprint density at radius 3 is 2.83 bits per heavy atom. The van der Waals surface area contributed by atoms with Crippen molar-refractivity contribution in [3.63, 3.8) is 0 Å². The molecule has 120 valence electrons. The first-order valence-electron chi connectivity index (χ1n) is 8.04. The van der Waals surface area contributed by atoms with Crippen LogP contribution in [0.1, 0.15) is 49.0 Å². The average Bonchev–Trinajstić information content (AvgIpc) is 2.89. The number of hydrogen-bond acceptors (Lipinski definition) is 4. The highest BCUT2D eigenvalue weighted by molar-refractivity contribution is 5.93. The first-order valence-corrected chi connectivity index (χ1v) is 8.04. The lowest BCUT2D eigenvalue weighted by Gasteiger charge is -2.21. The second kappa shape index (κ2) is 5.24. The van der Waals surface area contributed by atoms with Crippen molar-refractivity contribution in [2.24, 2.45) is 5.92 Å². The van der Waals surface area contributed by atoms with Crippen molar-refractivity contribution in [1.82, 2.24) is 4.98 Å². The van der Waals surface area contributed by atoms with Gasteiger partial charge in [-0.2, -0.15) is 0 Å². The minimum atomic E-state index is -0.0357. The third-order valence-corrected chi connectivity index (χ3v) is 5.02. The molecule has 0 fully saturated rings. The fourth-order valence-electron chi connectivity index (χ4n) is 3.51. The van der Waals surface area contributed by atoms with Gasteiger partial charge in [-0.3, -0.25) is 0 Å². The molecule has 0 spiro atoms. The molecule has 0 amide bonds. The molecular formula is C19H21NO3. The SMILES string of the molecule is COc1c2c(nc3c4c(oc13)CC(C)C(C)=C4)C(OC)CC=C2. The Labute approximate surface area is 135 Å². The van der Waals surface area contributed by atoms with Gasteiger partial charge in [0.05, 0.1) is 12.8 Å². The van der Waals surface area contributed by atoms with E-state index >= 15 is 0 Å². The zero-order valence-electron chi connectivity index (χ0n) is 14.0. The standard InChI is InChI=1S/C19H21NO3/c1-10-8-13-15(9-11(10)2)23-19-17(13)20-16-12(18(19)22-4)6-5-7-14(16)21-3/h5-6,8,11,14H,7,9H2,1-4H3. The number of allylic oxidation sites excluding steroid dienone is 1. The number of nitrogens with zero attached hydrogens (tertiary/aromatic N) is 1. The molecule has 23 heavy (non-hydrogen) atoms. The van der Waals surface area contributed by atoms with Crippen molar-refractivity contribution in [3.05, 3.63) is 34.2 Å². The van der Waals surface area contributed by atoms with E-state index in [9.17, 15) is 0 Å². The summed E-state index contributed by atoms with van der Waals surface area (Å²) in [6, 6.07) is 0. The second-order valence-corrected chi connectivity index (χ2v) is 6.42. The third kappa shape index (κ3) is 2.05. The highest BCUT2D eigenvalue weighted by Crippen LogP contribution is 2.43. The first-order chi connectivity index (χ1) is 11.1. The molecule has 2 aliphatic carbocycles. The van der Waals surface area contributed by atoms with E-state index < -0.39 is 0 Å². The summed E-state index contributed by atoms with van der Waals surface area (Å²) in [5.41, 5.74) is 6.00. The number of fused-ring (bicyclic) bond motifs is 4. The molecular weight excluding hydrogens is 290 g/mol. The summed E-state index contributed by atoms with van der Waals surface area (Å²) >= 11 is 0. The minimum absolute atomic E-state index is 0.0357. The highest BCUT2D eigenvalue weighted by Gasteiger charge is 2.29. The van der Waals surface area contributed by atoms with Crippen LogP contribution in [0, 0.1) is 5.92 Å². The zero-order valence-corrected chi connectivity index (χ0v) is 14.0. The van der Waals surface area contributed by atoms with Crippen LogP contribution in [0.2, 0.25) is 0 Å². The molecule has 0 saturated heterocycles. The molecule has 2 atom stereocenters. The van der Waals surface area contributed by atoms with E-state index in [1.165, 1.54) is 5.57 Å². The van der Waals surface area contributed by atoms with Gasteiger partial charge in [0.2, 0.25) is 0 Å². The average molecular weight is 311 g/mol. The van der Waals surface area contributed by atoms with E-state index in [2.05, 4.69) is 32.1 Å². The van der Waals surface area contributed by atoms with Gasteiger partial charge in [-0.25, -0.2) is 4.98 Å². The Morgan fingerprint density at radius 2 is 2.09 bits per heavy atom. The predicted molar refractivity (Wildman–Crippen MR) is 90.5 cm³/mol. The van der Waals surface area contributed by atoms with E-state index in [0.29, 0.717) is 5.92 Å². The fraction of sp³-hybridized carbons (Fsp3) is 0.421. The van der Waals surface area contributed by atoms with Gasteiger partial charge in [0.15, 0.2) is 11.3 Å². The molecule has 4 nitrogen and oxygen atoms in total. The molecule has 2 aliphatic rings. The molecule has 4 rings (SSSR count). The topological polar surface area (TPSA) is 44.5 Å². The molecule has 2 unspecified atom stereocenters. The van der Waals surface area contributed by atoms with Crippen LogP contribution in [0.5, 0.6) is 5.75 Å². The Hall–Kier alpha value is -2.07. The number of rotatable bonds is 2.